The van der Waals surface area contributed by atoms with Crippen LogP contribution >= 0.6 is 0 Å². The molecule has 0 unspecified atom stereocenters. The van der Waals surface area contributed by atoms with Gasteiger partial charge in [-0.15, -0.1) is 0 Å². The zero-order chi connectivity index (χ0) is 17.4. The predicted molar refractivity (Wildman–Crippen MR) is 90.0 cm³/mol. The van der Waals surface area contributed by atoms with Crippen LogP contribution in [0.4, 0.5) is 0 Å². The maximum absolute atomic E-state index is 11.9. The first-order chi connectivity index (χ1) is 11.6. The van der Waals surface area contributed by atoms with E-state index in [-0.39, 0.29) is 48.8 Å². The van der Waals surface area contributed by atoms with E-state index < -0.39 is 0 Å². The Morgan fingerprint density at radius 3 is 1.21 bits per heavy atom. The van der Waals surface area contributed by atoms with Crippen LogP contribution in [0.5, 0.6) is 0 Å². The molecule has 0 fully saturated rings. The van der Waals surface area contributed by atoms with Crippen LogP contribution in [0.1, 0.15) is 46.4 Å². The highest BCUT2D eigenvalue weighted by Crippen LogP contribution is 2.09. The van der Waals surface area contributed by atoms with Gasteiger partial charge in [0.1, 0.15) is 11.6 Å². The zero-order valence-corrected chi connectivity index (χ0v) is 13.2. The van der Waals surface area contributed by atoms with Crippen molar-refractivity contribution in [2.24, 2.45) is 0 Å². The quantitative estimate of drug-likeness (QED) is 0.524. The molecule has 0 aromatic heterocycles. The molecule has 0 N–H and O–H groups in total. The van der Waals surface area contributed by atoms with Gasteiger partial charge in [-0.2, -0.15) is 0 Å². The topological polar surface area (TPSA) is 68.3 Å². The van der Waals surface area contributed by atoms with Crippen molar-refractivity contribution in [3.8, 4) is 0 Å². The highest BCUT2D eigenvalue weighted by Gasteiger charge is 2.15. The first-order valence-electron chi connectivity index (χ1n) is 7.76. The third-order valence-electron chi connectivity index (χ3n) is 3.59. The molecule has 4 heteroatoms. The number of ketones is 4. The van der Waals surface area contributed by atoms with Crippen molar-refractivity contribution in [3.05, 3.63) is 71.8 Å². The van der Waals surface area contributed by atoms with Gasteiger partial charge in [0.15, 0.2) is 11.6 Å². The molecule has 2 rings (SSSR count). The SMILES string of the molecule is O=C(CCC(=O)CC(=O)c1ccccc1)CC(=O)c1ccccc1. The standard InChI is InChI=1S/C20H18O4/c21-17(13-19(23)15-7-3-1-4-8-15)11-12-18(22)14-20(24)16-9-5-2-6-10-16/h1-10H,11-14H2. The van der Waals surface area contributed by atoms with E-state index >= 15 is 0 Å². The molecule has 0 atom stereocenters. The summed E-state index contributed by atoms with van der Waals surface area (Å²) in [5.41, 5.74) is 0.966. The molecule has 4 nitrogen and oxygen atoms in total. The molecule has 0 radical (unpaired) electrons. The van der Waals surface area contributed by atoms with Crippen molar-refractivity contribution < 1.29 is 19.2 Å². The summed E-state index contributed by atoms with van der Waals surface area (Å²) in [6.45, 7) is 0. The minimum absolute atomic E-state index is 0.0144. The zero-order valence-electron chi connectivity index (χ0n) is 13.2. The Morgan fingerprint density at radius 1 is 0.542 bits per heavy atom. The maximum Gasteiger partial charge on any atom is 0.170 e. The molecule has 0 spiro atoms. The minimum Gasteiger partial charge on any atom is -0.299 e. The number of carbonyl (C=O) groups excluding carboxylic acids is 4. The van der Waals surface area contributed by atoms with E-state index in [2.05, 4.69) is 0 Å². The molecule has 2 aromatic rings. The van der Waals surface area contributed by atoms with Gasteiger partial charge in [0.25, 0.3) is 0 Å². The number of Topliss-reactive ketones (excluding diaryl/α,β-unsaturated/α-hetero) is 4. The third kappa shape index (κ3) is 5.39. The normalized spacial score (nSPS) is 10.2. The van der Waals surface area contributed by atoms with E-state index in [1.807, 2.05) is 0 Å². The summed E-state index contributed by atoms with van der Waals surface area (Å²) in [6.07, 6.45) is -0.465. The fraction of sp³-hybridized carbons (Fsp3) is 0.200. The highest BCUT2D eigenvalue weighted by atomic mass is 16.2. The Morgan fingerprint density at radius 2 is 0.875 bits per heavy atom. The van der Waals surface area contributed by atoms with E-state index in [0.29, 0.717) is 11.1 Å². The Hall–Kier alpha value is -2.88. The summed E-state index contributed by atoms with van der Waals surface area (Å²) >= 11 is 0. The van der Waals surface area contributed by atoms with Crippen LogP contribution in [0.2, 0.25) is 0 Å². The maximum atomic E-state index is 11.9. The fourth-order valence-electron chi connectivity index (χ4n) is 2.27. The largest absolute Gasteiger partial charge is 0.299 e. The van der Waals surface area contributed by atoms with Gasteiger partial charge >= 0.3 is 0 Å². The van der Waals surface area contributed by atoms with E-state index in [1.54, 1.807) is 60.7 Å². The van der Waals surface area contributed by atoms with Crippen LogP contribution in [0.25, 0.3) is 0 Å². The van der Waals surface area contributed by atoms with Gasteiger partial charge in [-0.1, -0.05) is 60.7 Å². The smallest absolute Gasteiger partial charge is 0.170 e. The summed E-state index contributed by atoms with van der Waals surface area (Å²) in [6, 6.07) is 17.1. The molecule has 0 aliphatic rings. The van der Waals surface area contributed by atoms with Crippen LogP contribution in [0.15, 0.2) is 60.7 Å². The lowest BCUT2D eigenvalue weighted by Gasteiger charge is -2.02. The average Bonchev–Trinajstić information content (AvgIpc) is 2.61. The van der Waals surface area contributed by atoms with Crippen molar-refractivity contribution in [2.75, 3.05) is 0 Å². The Bertz CT molecular complexity index is 667. The van der Waals surface area contributed by atoms with Gasteiger partial charge in [0.2, 0.25) is 0 Å². The van der Waals surface area contributed by atoms with E-state index in [4.69, 9.17) is 0 Å². The van der Waals surface area contributed by atoms with Crippen LogP contribution < -0.4 is 0 Å². The van der Waals surface area contributed by atoms with Crippen LogP contribution in [-0.4, -0.2) is 23.1 Å². The van der Waals surface area contributed by atoms with Crippen molar-refractivity contribution in [1.29, 1.82) is 0 Å². The number of hydrogen-bond acceptors (Lipinski definition) is 4. The number of benzene rings is 2. The number of carbonyl (C=O) groups is 4. The van der Waals surface area contributed by atoms with E-state index in [1.165, 1.54) is 0 Å². The molecule has 0 aliphatic heterocycles. The van der Waals surface area contributed by atoms with Gasteiger partial charge in [-0.05, 0) is 0 Å². The van der Waals surface area contributed by atoms with Crippen LogP contribution in [0, 0.1) is 0 Å². The number of rotatable bonds is 9. The van der Waals surface area contributed by atoms with Crippen molar-refractivity contribution in [3.63, 3.8) is 0 Å². The van der Waals surface area contributed by atoms with Gasteiger partial charge in [-0.25, -0.2) is 0 Å². The fourth-order valence-corrected chi connectivity index (χ4v) is 2.27. The molecular weight excluding hydrogens is 304 g/mol. The van der Waals surface area contributed by atoms with Crippen molar-refractivity contribution in [1.82, 2.24) is 0 Å². The lowest BCUT2D eigenvalue weighted by atomic mass is 10.00. The first-order valence-corrected chi connectivity index (χ1v) is 7.76. The predicted octanol–water partition coefficient (Wildman–Crippen LogP) is 3.45. The third-order valence-corrected chi connectivity index (χ3v) is 3.59. The second-order valence-corrected chi connectivity index (χ2v) is 5.51. The molecular formula is C20H18O4. The molecule has 2 aromatic carbocycles. The second kappa shape index (κ2) is 8.67. The summed E-state index contributed by atoms with van der Waals surface area (Å²) in [5, 5.41) is 0. The van der Waals surface area contributed by atoms with Crippen molar-refractivity contribution in [2.45, 2.75) is 25.7 Å². The molecule has 0 saturated carbocycles. The monoisotopic (exact) mass is 322 g/mol. The number of hydrogen-bond donors (Lipinski definition) is 0. The lowest BCUT2D eigenvalue weighted by molar-refractivity contribution is -0.123. The molecule has 0 aliphatic carbocycles. The second-order valence-electron chi connectivity index (χ2n) is 5.51. The average molecular weight is 322 g/mol. The van der Waals surface area contributed by atoms with E-state index in [0.717, 1.165) is 0 Å². The summed E-state index contributed by atoms with van der Waals surface area (Å²) in [7, 11) is 0. The van der Waals surface area contributed by atoms with Gasteiger partial charge in [0, 0.05) is 24.0 Å². The lowest BCUT2D eigenvalue weighted by Crippen LogP contribution is -2.12. The molecule has 0 saturated heterocycles. The summed E-state index contributed by atoms with van der Waals surface area (Å²) in [5.74, 6) is -1.09. The van der Waals surface area contributed by atoms with Gasteiger partial charge < -0.3 is 0 Å². The van der Waals surface area contributed by atoms with Crippen LogP contribution in [-0.2, 0) is 9.59 Å². The molecule has 0 bridgehead atoms. The Kier molecular flexibility index (Phi) is 6.32. The molecule has 0 heterocycles. The van der Waals surface area contributed by atoms with Gasteiger partial charge in [0.05, 0.1) is 12.8 Å². The highest BCUT2D eigenvalue weighted by molar-refractivity contribution is 6.10. The Labute approximate surface area is 140 Å². The van der Waals surface area contributed by atoms with Crippen LogP contribution in [0.3, 0.4) is 0 Å². The Balaban J connectivity index is 1.76. The summed E-state index contributed by atoms with van der Waals surface area (Å²) in [4.78, 5) is 47.5. The molecule has 0 amide bonds. The van der Waals surface area contributed by atoms with Crippen molar-refractivity contribution >= 4 is 23.1 Å². The molecule has 122 valence electrons. The van der Waals surface area contributed by atoms with E-state index in [9.17, 15) is 19.2 Å². The van der Waals surface area contributed by atoms with Gasteiger partial charge in [-0.3, -0.25) is 19.2 Å². The first kappa shape index (κ1) is 17.5. The minimum atomic E-state index is -0.288. The molecule has 24 heavy (non-hydrogen) atoms. The summed E-state index contributed by atoms with van der Waals surface area (Å²) < 4.78 is 0.